The zero-order chi connectivity index (χ0) is 12.4. The van der Waals surface area contributed by atoms with Crippen molar-refractivity contribution in [2.24, 2.45) is 0 Å². The van der Waals surface area contributed by atoms with Crippen molar-refractivity contribution in [1.29, 1.82) is 0 Å². The van der Waals surface area contributed by atoms with E-state index in [1.54, 1.807) is 0 Å². The van der Waals surface area contributed by atoms with Crippen molar-refractivity contribution in [3.8, 4) is 0 Å². The first-order valence-electron chi connectivity index (χ1n) is 5.12. The van der Waals surface area contributed by atoms with Gasteiger partial charge in [0.25, 0.3) is 10.1 Å². The highest BCUT2D eigenvalue weighted by Gasteiger charge is 2.14. The molecule has 90 valence electrons. The van der Waals surface area contributed by atoms with Crippen LogP contribution in [0, 0.1) is 0 Å². The van der Waals surface area contributed by atoms with Crippen LogP contribution in [-0.2, 0) is 25.5 Å². The van der Waals surface area contributed by atoms with E-state index in [0.717, 1.165) is 5.56 Å². The molecule has 0 saturated carbocycles. The summed E-state index contributed by atoms with van der Waals surface area (Å²) in [5, 5.41) is 0. The Bertz CT molecular complexity index is 438. The molecule has 0 fully saturated rings. The molecular weight excluding hydrogens is 224 g/mol. The van der Waals surface area contributed by atoms with Gasteiger partial charge in [-0.2, -0.15) is 8.42 Å². The summed E-state index contributed by atoms with van der Waals surface area (Å²) in [4.78, 5) is 0. The Morgan fingerprint density at radius 3 is 2.00 bits per heavy atom. The van der Waals surface area contributed by atoms with Crippen molar-refractivity contribution in [2.75, 3.05) is 7.11 Å². The van der Waals surface area contributed by atoms with Gasteiger partial charge in [-0.25, -0.2) is 0 Å². The van der Waals surface area contributed by atoms with Crippen LogP contribution in [0.4, 0.5) is 0 Å². The molecule has 0 bridgehead atoms. The van der Waals surface area contributed by atoms with Gasteiger partial charge in [-0.3, -0.25) is 4.18 Å². The van der Waals surface area contributed by atoms with Crippen molar-refractivity contribution in [2.45, 2.75) is 31.9 Å². The van der Waals surface area contributed by atoms with Crippen LogP contribution < -0.4 is 0 Å². The standard InChI is InChI=1S/C12H18O3S/c1-12(2,3)11-7-5-10(6-8-11)9-16(13,14)15-4/h5-8H,9H2,1-4H3. The molecule has 0 amide bonds. The minimum Gasteiger partial charge on any atom is -0.273 e. The Labute approximate surface area is 97.6 Å². The molecule has 1 aromatic rings. The highest BCUT2D eigenvalue weighted by molar-refractivity contribution is 7.85. The lowest BCUT2D eigenvalue weighted by Gasteiger charge is -2.19. The van der Waals surface area contributed by atoms with Crippen molar-refractivity contribution < 1.29 is 12.6 Å². The molecule has 0 aliphatic carbocycles. The second kappa shape index (κ2) is 4.55. The maximum Gasteiger partial charge on any atom is 0.271 e. The first kappa shape index (κ1) is 13.2. The summed E-state index contributed by atoms with van der Waals surface area (Å²) in [5.74, 6) is -0.0755. The zero-order valence-electron chi connectivity index (χ0n) is 10.1. The molecule has 0 aromatic heterocycles. The third-order valence-corrected chi connectivity index (χ3v) is 3.61. The Balaban J connectivity index is 2.89. The van der Waals surface area contributed by atoms with E-state index in [-0.39, 0.29) is 11.2 Å². The fourth-order valence-electron chi connectivity index (χ4n) is 1.36. The summed E-state index contributed by atoms with van der Waals surface area (Å²) >= 11 is 0. The van der Waals surface area contributed by atoms with E-state index in [9.17, 15) is 8.42 Å². The van der Waals surface area contributed by atoms with Crippen LogP contribution in [0.2, 0.25) is 0 Å². The predicted molar refractivity (Wildman–Crippen MR) is 64.8 cm³/mol. The van der Waals surface area contributed by atoms with Crippen LogP contribution in [0.3, 0.4) is 0 Å². The first-order valence-corrected chi connectivity index (χ1v) is 6.70. The minimum atomic E-state index is -3.42. The third kappa shape index (κ3) is 3.61. The maximum atomic E-state index is 11.2. The Hall–Kier alpha value is -0.870. The van der Waals surface area contributed by atoms with Gasteiger partial charge >= 0.3 is 0 Å². The van der Waals surface area contributed by atoms with E-state index in [1.807, 2.05) is 24.3 Å². The van der Waals surface area contributed by atoms with Gasteiger partial charge < -0.3 is 0 Å². The Morgan fingerprint density at radius 2 is 1.62 bits per heavy atom. The van der Waals surface area contributed by atoms with Crippen LogP contribution in [0.25, 0.3) is 0 Å². The van der Waals surface area contributed by atoms with E-state index in [0.29, 0.717) is 0 Å². The van der Waals surface area contributed by atoms with Crippen molar-refractivity contribution in [3.05, 3.63) is 35.4 Å². The molecular formula is C12H18O3S. The normalized spacial score (nSPS) is 12.8. The topological polar surface area (TPSA) is 43.4 Å². The summed E-state index contributed by atoms with van der Waals surface area (Å²) in [6.45, 7) is 6.36. The molecule has 0 aliphatic heterocycles. The van der Waals surface area contributed by atoms with Crippen LogP contribution in [0.5, 0.6) is 0 Å². The summed E-state index contributed by atoms with van der Waals surface area (Å²) in [6, 6.07) is 7.58. The molecule has 0 spiro atoms. The fraction of sp³-hybridized carbons (Fsp3) is 0.500. The van der Waals surface area contributed by atoms with Gasteiger partial charge in [0, 0.05) is 0 Å². The lowest BCUT2D eigenvalue weighted by molar-refractivity contribution is 0.397. The van der Waals surface area contributed by atoms with Gasteiger partial charge in [-0.15, -0.1) is 0 Å². The lowest BCUT2D eigenvalue weighted by Crippen LogP contribution is -2.11. The highest BCUT2D eigenvalue weighted by Crippen LogP contribution is 2.22. The van der Waals surface area contributed by atoms with Gasteiger partial charge in [-0.1, -0.05) is 45.0 Å². The largest absolute Gasteiger partial charge is 0.273 e. The number of benzene rings is 1. The number of hydrogen-bond donors (Lipinski definition) is 0. The van der Waals surface area contributed by atoms with E-state index < -0.39 is 10.1 Å². The number of rotatable bonds is 3. The quantitative estimate of drug-likeness (QED) is 0.765. The lowest BCUT2D eigenvalue weighted by atomic mass is 9.87. The van der Waals surface area contributed by atoms with Crippen molar-refractivity contribution in [3.63, 3.8) is 0 Å². The predicted octanol–water partition coefficient (Wildman–Crippen LogP) is 2.46. The van der Waals surface area contributed by atoms with Gasteiger partial charge in [0.2, 0.25) is 0 Å². The Morgan fingerprint density at radius 1 is 1.12 bits per heavy atom. The second-order valence-electron chi connectivity index (χ2n) is 4.82. The fourth-order valence-corrected chi connectivity index (χ4v) is 2.08. The van der Waals surface area contributed by atoms with E-state index in [4.69, 9.17) is 0 Å². The molecule has 0 atom stereocenters. The third-order valence-electron chi connectivity index (χ3n) is 2.42. The van der Waals surface area contributed by atoms with Crippen LogP contribution in [0.15, 0.2) is 24.3 Å². The van der Waals surface area contributed by atoms with Crippen LogP contribution in [0.1, 0.15) is 31.9 Å². The summed E-state index contributed by atoms with van der Waals surface area (Å²) in [6.07, 6.45) is 0. The second-order valence-corrected chi connectivity index (χ2v) is 6.55. The molecule has 3 nitrogen and oxygen atoms in total. The average Bonchev–Trinajstić information content (AvgIpc) is 2.16. The van der Waals surface area contributed by atoms with E-state index in [1.165, 1.54) is 12.7 Å². The van der Waals surface area contributed by atoms with Crippen LogP contribution >= 0.6 is 0 Å². The Kier molecular flexibility index (Phi) is 3.76. The molecule has 0 radical (unpaired) electrons. The summed E-state index contributed by atoms with van der Waals surface area (Å²) < 4.78 is 26.9. The monoisotopic (exact) mass is 242 g/mol. The molecule has 16 heavy (non-hydrogen) atoms. The van der Waals surface area contributed by atoms with Gasteiger partial charge in [0.15, 0.2) is 0 Å². The summed E-state index contributed by atoms with van der Waals surface area (Å²) in [7, 11) is -2.24. The summed E-state index contributed by atoms with van der Waals surface area (Å²) in [5.41, 5.74) is 2.01. The number of hydrogen-bond acceptors (Lipinski definition) is 3. The SMILES string of the molecule is COS(=O)(=O)Cc1ccc(C(C)(C)C)cc1. The van der Waals surface area contributed by atoms with Crippen molar-refractivity contribution in [1.82, 2.24) is 0 Å². The smallest absolute Gasteiger partial charge is 0.271 e. The zero-order valence-corrected chi connectivity index (χ0v) is 11.0. The van der Waals surface area contributed by atoms with E-state index >= 15 is 0 Å². The highest BCUT2D eigenvalue weighted by atomic mass is 32.2. The van der Waals surface area contributed by atoms with Gasteiger partial charge in [0.1, 0.15) is 5.75 Å². The molecule has 0 N–H and O–H groups in total. The molecule has 0 saturated heterocycles. The minimum absolute atomic E-state index is 0.0755. The first-order chi connectivity index (χ1) is 7.24. The van der Waals surface area contributed by atoms with E-state index in [2.05, 4.69) is 25.0 Å². The molecule has 1 rings (SSSR count). The molecule has 0 unspecified atom stereocenters. The van der Waals surface area contributed by atoms with Gasteiger partial charge in [-0.05, 0) is 16.5 Å². The molecule has 1 aromatic carbocycles. The van der Waals surface area contributed by atoms with Crippen LogP contribution in [-0.4, -0.2) is 15.5 Å². The average molecular weight is 242 g/mol. The molecule has 4 heteroatoms. The molecule has 0 heterocycles. The maximum absolute atomic E-state index is 11.2. The van der Waals surface area contributed by atoms with Crippen molar-refractivity contribution >= 4 is 10.1 Å². The molecule has 0 aliphatic rings. The van der Waals surface area contributed by atoms with Gasteiger partial charge in [0.05, 0.1) is 7.11 Å².